The quantitative estimate of drug-likeness (QED) is 0.475. The maximum atomic E-state index is 12.9. The lowest BCUT2D eigenvalue weighted by molar-refractivity contribution is 0.102. The minimum absolute atomic E-state index is 0.178. The van der Waals surface area contributed by atoms with Crippen molar-refractivity contribution in [1.29, 1.82) is 0 Å². The molecular weight excluding hydrogens is 454 g/mol. The van der Waals surface area contributed by atoms with Gasteiger partial charge >= 0.3 is 6.03 Å². The predicted octanol–water partition coefficient (Wildman–Crippen LogP) is 5.53. The van der Waals surface area contributed by atoms with E-state index in [9.17, 15) is 9.59 Å². The number of halogens is 1. The van der Waals surface area contributed by atoms with Crippen LogP contribution in [0.25, 0.3) is 0 Å². The third-order valence-corrected chi connectivity index (χ3v) is 6.86. The second-order valence-electron chi connectivity index (χ2n) is 6.92. The van der Waals surface area contributed by atoms with E-state index >= 15 is 0 Å². The van der Waals surface area contributed by atoms with E-state index in [0.717, 1.165) is 23.4 Å². The summed E-state index contributed by atoms with van der Waals surface area (Å²) in [5.74, 6) is -0.339. The van der Waals surface area contributed by atoms with E-state index in [2.05, 4.69) is 20.8 Å². The number of likely N-dealkylation sites (tertiary alicyclic amines) is 1. The molecule has 0 unspecified atom stereocenters. The van der Waals surface area contributed by atoms with Crippen LogP contribution in [0.2, 0.25) is 5.02 Å². The van der Waals surface area contributed by atoms with Crippen LogP contribution in [0.3, 0.4) is 0 Å². The molecule has 0 bridgehead atoms. The fourth-order valence-corrected chi connectivity index (χ4v) is 4.81. The summed E-state index contributed by atoms with van der Waals surface area (Å²) >= 11 is 8.70. The van der Waals surface area contributed by atoms with Gasteiger partial charge in [-0.3, -0.25) is 4.79 Å². The van der Waals surface area contributed by atoms with Crippen LogP contribution in [-0.2, 0) is 0 Å². The van der Waals surface area contributed by atoms with E-state index in [1.165, 1.54) is 11.3 Å². The van der Waals surface area contributed by atoms with Crippen LogP contribution < -0.4 is 10.6 Å². The molecule has 1 aliphatic heterocycles. The van der Waals surface area contributed by atoms with E-state index in [4.69, 9.17) is 11.6 Å². The summed E-state index contributed by atoms with van der Waals surface area (Å²) in [6, 6.07) is 14.2. The van der Waals surface area contributed by atoms with Crippen LogP contribution >= 0.6 is 34.7 Å². The number of nitrogens with zero attached hydrogens (tertiary/aromatic N) is 3. The molecule has 1 aromatic heterocycles. The van der Waals surface area contributed by atoms with Crippen LogP contribution in [0.1, 0.15) is 33.7 Å². The molecule has 3 amide bonds. The lowest BCUT2D eigenvalue weighted by Crippen LogP contribution is -2.34. The number of anilines is 2. The number of benzene rings is 2. The van der Waals surface area contributed by atoms with Crippen molar-refractivity contribution < 1.29 is 9.59 Å². The summed E-state index contributed by atoms with van der Waals surface area (Å²) in [7, 11) is 0. The normalized spacial score (nSPS) is 15.7. The topological polar surface area (TPSA) is 87.2 Å². The Bertz CT molecular complexity index is 1090. The summed E-state index contributed by atoms with van der Waals surface area (Å²) in [5, 5.41) is 15.5. The maximum absolute atomic E-state index is 12.9. The molecule has 2 heterocycles. The molecule has 1 atom stereocenters. The van der Waals surface area contributed by atoms with Crippen molar-refractivity contribution in [2.75, 3.05) is 23.4 Å². The van der Waals surface area contributed by atoms with Crippen LogP contribution in [0, 0.1) is 0 Å². The number of nitrogens with one attached hydrogen (secondary N) is 2. The molecule has 0 aliphatic carbocycles. The Labute approximate surface area is 193 Å². The molecule has 4 rings (SSSR count). The summed E-state index contributed by atoms with van der Waals surface area (Å²) in [5.41, 5.74) is 1.38. The monoisotopic (exact) mass is 473 g/mol. The number of hydrogen-bond donors (Lipinski definition) is 2. The van der Waals surface area contributed by atoms with Crippen molar-refractivity contribution in [3.63, 3.8) is 0 Å². The van der Waals surface area contributed by atoms with Gasteiger partial charge in [-0.2, -0.15) is 0 Å². The third-order valence-electron chi connectivity index (χ3n) is 4.86. The molecule has 1 saturated heterocycles. The Morgan fingerprint density at radius 1 is 1.13 bits per heavy atom. The highest BCUT2D eigenvalue weighted by molar-refractivity contribution is 7.98. The fraction of sp³-hybridized carbons (Fsp3) is 0.238. The van der Waals surface area contributed by atoms with Crippen LogP contribution in [-0.4, -0.2) is 39.8 Å². The molecule has 2 aromatic carbocycles. The molecule has 1 fully saturated rings. The van der Waals surface area contributed by atoms with Gasteiger partial charge in [-0.1, -0.05) is 29.0 Å². The molecule has 0 spiro atoms. The lowest BCUT2D eigenvalue weighted by atomic mass is 10.2. The van der Waals surface area contributed by atoms with Crippen molar-refractivity contribution in [1.82, 2.24) is 15.1 Å². The van der Waals surface area contributed by atoms with Crippen molar-refractivity contribution in [3.05, 3.63) is 63.6 Å². The average molecular weight is 474 g/mol. The molecule has 160 valence electrons. The first-order valence-corrected chi connectivity index (χ1v) is 12.1. The highest BCUT2D eigenvalue weighted by Gasteiger charge is 2.33. The highest BCUT2D eigenvalue weighted by atomic mass is 35.5. The second kappa shape index (κ2) is 9.67. The van der Waals surface area contributed by atoms with E-state index < -0.39 is 0 Å². The Morgan fingerprint density at radius 3 is 2.71 bits per heavy atom. The molecule has 31 heavy (non-hydrogen) atoms. The molecule has 0 radical (unpaired) electrons. The number of rotatable bonds is 5. The van der Waals surface area contributed by atoms with E-state index in [1.807, 2.05) is 30.5 Å². The van der Waals surface area contributed by atoms with Gasteiger partial charge in [-0.05, 0) is 61.6 Å². The Balaban J connectivity index is 1.43. The number of aromatic nitrogens is 2. The smallest absolute Gasteiger partial charge is 0.320 e. The van der Waals surface area contributed by atoms with Crippen LogP contribution in [0.5, 0.6) is 0 Å². The molecular formula is C21H20ClN5O2S2. The Kier molecular flexibility index (Phi) is 6.74. The summed E-state index contributed by atoms with van der Waals surface area (Å²) in [4.78, 5) is 28.2. The number of hydrogen-bond acceptors (Lipinski definition) is 6. The molecule has 10 heteroatoms. The van der Waals surface area contributed by atoms with Gasteiger partial charge in [0, 0.05) is 27.8 Å². The first kappa shape index (κ1) is 21.6. The molecule has 0 saturated carbocycles. The zero-order chi connectivity index (χ0) is 21.8. The van der Waals surface area contributed by atoms with E-state index in [0.29, 0.717) is 22.3 Å². The Morgan fingerprint density at radius 2 is 1.94 bits per heavy atom. The summed E-state index contributed by atoms with van der Waals surface area (Å²) in [6.07, 6.45) is 3.65. The van der Waals surface area contributed by atoms with Gasteiger partial charge in [0.15, 0.2) is 0 Å². The molecule has 1 aliphatic rings. The average Bonchev–Trinajstić information content (AvgIpc) is 3.45. The van der Waals surface area contributed by atoms with E-state index in [-0.39, 0.29) is 23.0 Å². The van der Waals surface area contributed by atoms with Gasteiger partial charge in [0.05, 0.1) is 6.04 Å². The minimum atomic E-state index is -0.339. The molecule has 2 N–H and O–H groups in total. The number of carbonyl (C=O) groups is 2. The highest BCUT2D eigenvalue weighted by Crippen LogP contribution is 2.34. The number of amides is 3. The first-order chi connectivity index (χ1) is 15.0. The zero-order valence-electron chi connectivity index (χ0n) is 16.7. The predicted molar refractivity (Wildman–Crippen MR) is 125 cm³/mol. The van der Waals surface area contributed by atoms with Crippen LogP contribution in [0.15, 0.2) is 53.4 Å². The van der Waals surface area contributed by atoms with Crippen LogP contribution in [0.4, 0.5) is 16.2 Å². The fourth-order valence-electron chi connectivity index (χ4n) is 3.34. The van der Waals surface area contributed by atoms with Gasteiger partial charge in [0.2, 0.25) is 5.01 Å². The number of thioether (sulfide) groups is 1. The number of urea groups is 1. The Hall–Kier alpha value is -2.62. The van der Waals surface area contributed by atoms with Crippen molar-refractivity contribution in [2.24, 2.45) is 0 Å². The second-order valence-corrected chi connectivity index (χ2v) is 9.25. The third kappa shape index (κ3) is 5.17. The van der Waals surface area contributed by atoms with Gasteiger partial charge in [-0.15, -0.1) is 22.0 Å². The molecule has 3 aromatic rings. The van der Waals surface area contributed by atoms with Crippen molar-refractivity contribution in [2.45, 2.75) is 23.8 Å². The SMILES string of the molecule is CSc1cccc(NC(=O)N2CCC[C@H]2c2nnc(C(=O)Nc3ccc(Cl)cc3)s2)c1. The van der Waals surface area contributed by atoms with Crippen molar-refractivity contribution >= 4 is 58.0 Å². The van der Waals surface area contributed by atoms with E-state index in [1.54, 1.807) is 40.9 Å². The first-order valence-electron chi connectivity index (χ1n) is 9.65. The summed E-state index contributed by atoms with van der Waals surface area (Å²) in [6.45, 7) is 0.630. The van der Waals surface area contributed by atoms with Gasteiger partial charge in [0.25, 0.3) is 5.91 Å². The zero-order valence-corrected chi connectivity index (χ0v) is 19.1. The minimum Gasteiger partial charge on any atom is -0.320 e. The number of carbonyl (C=O) groups excluding carboxylic acids is 2. The summed E-state index contributed by atoms with van der Waals surface area (Å²) < 4.78 is 0. The lowest BCUT2D eigenvalue weighted by Gasteiger charge is -2.23. The van der Waals surface area contributed by atoms with Gasteiger partial charge in [0.1, 0.15) is 5.01 Å². The molecule has 7 nitrogen and oxygen atoms in total. The van der Waals surface area contributed by atoms with Gasteiger partial charge in [-0.25, -0.2) is 4.79 Å². The standard InChI is InChI=1S/C21H20ClN5O2S2/c1-30-16-5-2-4-15(12-16)24-21(29)27-11-3-6-17(27)19-25-26-20(31-19)18(28)23-14-9-7-13(22)8-10-14/h2,4-5,7-10,12,17H,3,6,11H2,1H3,(H,23,28)(H,24,29)/t17-/m0/s1. The largest absolute Gasteiger partial charge is 0.322 e. The maximum Gasteiger partial charge on any atom is 0.322 e. The van der Waals surface area contributed by atoms with Gasteiger partial charge < -0.3 is 15.5 Å². The van der Waals surface area contributed by atoms with Crippen molar-refractivity contribution in [3.8, 4) is 0 Å².